The van der Waals surface area contributed by atoms with Crippen molar-refractivity contribution >= 4 is 5.78 Å². The first kappa shape index (κ1) is 13.6. The molecule has 0 rings (SSSR count). The number of Topliss-reactive ketones (excluding diaryl/α,β-unsaturated/α-hetero) is 1. The lowest BCUT2D eigenvalue weighted by atomic mass is 10.0. The average Bonchev–Trinajstić information content (AvgIpc) is 2.17. The van der Waals surface area contributed by atoms with Crippen LogP contribution in [0.4, 0.5) is 0 Å². The normalized spacial score (nSPS) is 12.8. The van der Waals surface area contributed by atoms with Crippen LogP contribution in [-0.2, 0) is 4.79 Å². The summed E-state index contributed by atoms with van der Waals surface area (Å²) in [4.78, 5) is 11.2. The quantitative estimate of drug-likeness (QED) is 0.581. The third kappa shape index (κ3) is 7.07. The Kier molecular flexibility index (Phi) is 8.95. The lowest BCUT2D eigenvalue weighted by Crippen LogP contribution is -2.19. The summed E-state index contributed by atoms with van der Waals surface area (Å²) in [5.41, 5.74) is 0. The Morgan fingerprint density at radius 3 is 2.29 bits per heavy atom. The van der Waals surface area contributed by atoms with Crippen molar-refractivity contribution in [1.82, 2.24) is 0 Å². The Balaban J connectivity index is 3.34. The highest BCUT2D eigenvalue weighted by atomic mass is 16.3. The molecule has 0 aromatic carbocycles. The Morgan fingerprint density at radius 2 is 1.71 bits per heavy atom. The van der Waals surface area contributed by atoms with Crippen molar-refractivity contribution in [1.29, 1.82) is 0 Å². The molecule has 14 heavy (non-hydrogen) atoms. The molecule has 0 aliphatic heterocycles. The molecule has 0 saturated heterocycles. The Labute approximate surface area is 87.7 Å². The fourth-order valence-corrected chi connectivity index (χ4v) is 1.52. The van der Waals surface area contributed by atoms with Crippen LogP contribution in [0, 0.1) is 0 Å². The van der Waals surface area contributed by atoms with Crippen LogP contribution in [-0.4, -0.2) is 17.0 Å². The zero-order valence-corrected chi connectivity index (χ0v) is 9.59. The van der Waals surface area contributed by atoms with Crippen LogP contribution >= 0.6 is 0 Å². The molecular weight excluding hydrogens is 176 g/mol. The molecule has 0 aromatic rings. The van der Waals surface area contributed by atoms with E-state index in [-0.39, 0.29) is 5.78 Å². The van der Waals surface area contributed by atoms with E-state index in [4.69, 9.17) is 0 Å². The van der Waals surface area contributed by atoms with Crippen LogP contribution in [0.1, 0.15) is 65.2 Å². The van der Waals surface area contributed by atoms with Crippen molar-refractivity contribution in [2.75, 3.05) is 0 Å². The molecule has 1 N–H and O–H groups in total. The number of unbranched alkanes of at least 4 members (excludes halogenated alkanes) is 4. The number of ketones is 1. The molecule has 0 aromatic heterocycles. The summed E-state index contributed by atoms with van der Waals surface area (Å²) in [5.74, 6) is 0.0167. The first-order chi connectivity index (χ1) is 6.72. The minimum Gasteiger partial charge on any atom is -0.385 e. The Morgan fingerprint density at radius 1 is 1.07 bits per heavy atom. The van der Waals surface area contributed by atoms with Gasteiger partial charge in [-0.1, -0.05) is 46.0 Å². The molecule has 0 bridgehead atoms. The summed E-state index contributed by atoms with van der Waals surface area (Å²) in [5, 5.41) is 9.46. The summed E-state index contributed by atoms with van der Waals surface area (Å²) < 4.78 is 0. The smallest absolute Gasteiger partial charge is 0.161 e. The number of hydrogen-bond donors (Lipinski definition) is 1. The SMILES string of the molecule is CCCCCCCC(O)C(=O)CCC. The minimum atomic E-state index is -0.698. The summed E-state index contributed by atoms with van der Waals surface area (Å²) >= 11 is 0. The number of aliphatic hydroxyl groups excluding tert-OH is 1. The Bertz CT molecular complexity index is 143. The molecule has 0 radical (unpaired) electrons. The van der Waals surface area contributed by atoms with Gasteiger partial charge in [0.2, 0.25) is 0 Å². The zero-order valence-electron chi connectivity index (χ0n) is 9.59. The summed E-state index contributed by atoms with van der Waals surface area (Å²) in [6.07, 6.45) is 7.17. The summed E-state index contributed by atoms with van der Waals surface area (Å²) in [6, 6.07) is 0. The highest BCUT2D eigenvalue weighted by Crippen LogP contribution is 2.09. The first-order valence-corrected chi connectivity index (χ1v) is 5.93. The third-order valence-electron chi connectivity index (χ3n) is 2.45. The maximum Gasteiger partial charge on any atom is 0.161 e. The maximum atomic E-state index is 11.2. The van der Waals surface area contributed by atoms with Crippen LogP contribution in [0.15, 0.2) is 0 Å². The van der Waals surface area contributed by atoms with Crippen LogP contribution in [0.3, 0.4) is 0 Å². The molecule has 0 spiro atoms. The summed E-state index contributed by atoms with van der Waals surface area (Å²) in [6.45, 7) is 4.14. The van der Waals surface area contributed by atoms with Crippen molar-refractivity contribution in [2.45, 2.75) is 71.3 Å². The molecule has 1 unspecified atom stereocenters. The van der Waals surface area contributed by atoms with Crippen molar-refractivity contribution in [3.8, 4) is 0 Å². The highest BCUT2D eigenvalue weighted by Gasteiger charge is 2.12. The van der Waals surface area contributed by atoms with E-state index in [9.17, 15) is 9.90 Å². The molecule has 84 valence electrons. The molecule has 0 amide bonds. The van der Waals surface area contributed by atoms with Gasteiger partial charge in [-0.2, -0.15) is 0 Å². The van der Waals surface area contributed by atoms with E-state index in [0.29, 0.717) is 12.8 Å². The number of hydrogen-bond acceptors (Lipinski definition) is 2. The van der Waals surface area contributed by atoms with Crippen molar-refractivity contribution in [3.05, 3.63) is 0 Å². The standard InChI is InChI=1S/C12H24O2/c1-3-5-6-7-8-10-12(14)11(13)9-4-2/h12,14H,3-10H2,1-2H3. The fourth-order valence-electron chi connectivity index (χ4n) is 1.52. The van der Waals surface area contributed by atoms with Crippen LogP contribution in [0.5, 0.6) is 0 Å². The topological polar surface area (TPSA) is 37.3 Å². The van der Waals surface area contributed by atoms with Gasteiger partial charge in [0.15, 0.2) is 5.78 Å². The molecule has 0 aliphatic rings. The van der Waals surface area contributed by atoms with Gasteiger partial charge in [-0.15, -0.1) is 0 Å². The third-order valence-corrected chi connectivity index (χ3v) is 2.45. The monoisotopic (exact) mass is 200 g/mol. The predicted octanol–water partition coefficient (Wildman–Crippen LogP) is 3.08. The van der Waals surface area contributed by atoms with E-state index in [1.807, 2.05) is 6.92 Å². The van der Waals surface area contributed by atoms with Gasteiger partial charge in [-0.05, 0) is 12.8 Å². The number of rotatable bonds is 9. The van der Waals surface area contributed by atoms with E-state index >= 15 is 0 Å². The molecule has 0 saturated carbocycles. The van der Waals surface area contributed by atoms with Crippen molar-refractivity contribution in [3.63, 3.8) is 0 Å². The van der Waals surface area contributed by atoms with Gasteiger partial charge < -0.3 is 5.11 Å². The molecule has 0 heterocycles. The Hall–Kier alpha value is -0.370. The van der Waals surface area contributed by atoms with E-state index in [1.54, 1.807) is 0 Å². The van der Waals surface area contributed by atoms with Gasteiger partial charge in [-0.25, -0.2) is 0 Å². The van der Waals surface area contributed by atoms with Gasteiger partial charge in [0.25, 0.3) is 0 Å². The maximum absolute atomic E-state index is 11.2. The van der Waals surface area contributed by atoms with E-state index < -0.39 is 6.10 Å². The van der Waals surface area contributed by atoms with Crippen molar-refractivity contribution in [2.24, 2.45) is 0 Å². The second-order valence-corrected chi connectivity index (χ2v) is 3.93. The van der Waals surface area contributed by atoms with Gasteiger partial charge in [0.1, 0.15) is 6.10 Å². The first-order valence-electron chi connectivity index (χ1n) is 5.93. The van der Waals surface area contributed by atoms with Gasteiger partial charge in [0.05, 0.1) is 0 Å². The lowest BCUT2D eigenvalue weighted by Gasteiger charge is -2.08. The summed E-state index contributed by atoms with van der Waals surface area (Å²) in [7, 11) is 0. The van der Waals surface area contributed by atoms with Gasteiger partial charge in [0, 0.05) is 6.42 Å². The van der Waals surface area contributed by atoms with Crippen LogP contribution in [0.25, 0.3) is 0 Å². The largest absolute Gasteiger partial charge is 0.385 e. The number of carbonyl (C=O) groups excluding carboxylic acids is 1. The van der Waals surface area contributed by atoms with Gasteiger partial charge in [-0.3, -0.25) is 4.79 Å². The van der Waals surface area contributed by atoms with Crippen LogP contribution < -0.4 is 0 Å². The van der Waals surface area contributed by atoms with Gasteiger partial charge >= 0.3 is 0 Å². The van der Waals surface area contributed by atoms with E-state index in [0.717, 1.165) is 19.3 Å². The van der Waals surface area contributed by atoms with Crippen molar-refractivity contribution < 1.29 is 9.90 Å². The lowest BCUT2D eigenvalue weighted by molar-refractivity contribution is -0.127. The molecule has 0 fully saturated rings. The van der Waals surface area contributed by atoms with E-state index in [1.165, 1.54) is 19.3 Å². The fraction of sp³-hybridized carbons (Fsp3) is 0.917. The second-order valence-electron chi connectivity index (χ2n) is 3.93. The molecule has 1 atom stereocenters. The average molecular weight is 200 g/mol. The number of aliphatic hydroxyl groups is 1. The molecule has 2 nitrogen and oxygen atoms in total. The molecule has 2 heteroatoms. The zero-order chi connectivity index (χ0) is 10.8. The minimum absolute atomic E-state index is 0.0167. The molecular formula is C12H24O2. The number of carbonyl (C=O) groups is 1. The second kappa shape index (κ2) is 9.20. The van der Waals surface area contributed by atoms with Crippen LogP contribution in [0.2, 0.25) is 0 Å². The predicted molar refractivity (Wildman–Crippen MR) is 59.3 cm³/mol. The van der Waals surface area contributed by atoms with E-state index in [2.05, 4.69) is 6.92 Å². The molecule has 0 aliphatic carbocycles. The highest BCUT2D eigenvalue weighted by molar-refractivity contribution is 5.82.